The standard InChI is InChI=1S/C29H22N2O5/c1-34-17-9-11-22-21(14-17)25-23(30-22)15-20(19-13-18(35-2)10-12-24(19)36-3)26-27(25)29(33)31(28(26)32)16-7-5-4-6-8-16/h4-15,30H,1-3H3. The Bertz CT molecular complexity index is 1690. The maximum absolute atomic E-state index is 14.0. The molecule has 6 rings (SSSR count). The molecule has 0 spiro atoms. The highest BCUT2D eigenvalue weighted by molar-refractivity contribution is 6.41. The Morgan fingerprint density at radius 3 is 2.08 bits per heavy atom. The van der Waals surface area contributed by atoms with Crippen molar-refractivity contribution in [3.63, 3.8) is 0 Å². The van der Waals surface area contributed by atoms with Crippen LogP contribution in [-0.2, 0) is 0 Å². The van der Waals surface area contributed by atoms with Crippen molar-refractivity contribution in [1.29, 1.82) is 0 Å². The van der Waals surface area contributed by atoms with Gasteiger partial charge in [-0.25, -0.2) is 4.90 Å². The van der Waals surface area contributed by atoms with Crippen LogP contribution in [0.4, 0.5) is 5.69 Å². The lowest BCUT2D eigenvalue weighted by Gasteiger charge is -2.15. The molecule has 2 heterocycles. The molecule has 4 aromatic carbocycles. The molecule has 0 saturated heterocycles. The van der Waals surface area contributed by atoms with Gasteiger partial charge in [-0.2, -0.15) is 0 Å². The highest BCUT2D eigenvalue weighted by Gasteiger charge is 2.41. The van der Waals surface area contributed by atoms with E-state index in [-0.39, 0.29) is 11.8 Å². The topological polar surface area (TPSA) is 80.9 Å². The smallest absolute Gasteiger partial charge is 0.266 e. The minimum absolute atomic E-state index is 0.326. The third-order valence-corrected chi connectivity index (χ3v) is 6.64. The molecule has 1 aliphatic heterocycles. The van der Waals surface area contributed by atoms with Gasteiger partial charge in [0.1, 0.15) is 17.2 Å². The number of aromatic nitrogens is 1. The van der Waals surface area contributed by atoms with E-state index in [1.54, 1.807) is 57.7 Å². The van der Waals surface area contributed by atoms with Crippen LogP contribution in [-0.4, -0.2) is 38.1 Å². The predicted octanol–water partition coefficient (Wildman–Crippen LogP) is 5.81. The first kappa shape index (κ1) is 21.7. The van der Waals surface area contributed by atoms with E-state index in [0.717, 1.165) is 16.4 Å². The first-order valence-electron chi connectivity index (χ1n) is 11.4. The number of fused-ring (bicyclic) bond motifs is 5. The fourth-order valence-corrected chi connectivity index (χ4v) is 4.97. The molecule has 0 radical (unpaired) electrons. The fraction of sp³-hybridized carbons (Fsp3) is 0.103. The number of carbonyl (C=O) groups is 2. The maximum Gasteiger partial charge on any atom is 0.266 e. The van der Waals surface area contributed by atoms with Crippen LogP contribution in [0.15, 0.2) is 72.8 Å². The molecular weight excluding hydrogens is 456 g/mol. The van der Waals surface area contributed by atoms with Gasteiger partial charge in [0.05, 0.1) is 38.1 Å². The number of methoxy groups -OCH3 is 3. The van der Waals surface area contributed by atoms with E-state index in [1.807, 2.05) is 36.4 Å². The van der Waals surface area contributed by atoms with Gasteiger partial charge >= 0.3 is 0 Å². The van der Waals surface area contributed by atoms with E-state index in [9.17, 15) is 9.59 Å². The molecule has 1 aliphatic rings. The molecule has 0 bridgehead atoms. The molecule has 1 aromatic heterocycles. The molecule has 5 aromatic rings. The lowest BCUT2D eigenvalue weighted by molar-refractivity contribution is 0.0927. The number of hydrogen-bond donors (Lipinski definition) is 1. The number of anilines is 1. The number of hydrogen-bond acceptors (Lipinski definition) is 5. The van der Waals surface area contributed by atoms with E-state index < -0.39 is 0 Å². The molecule has 7 nitrogen and oxygen atoms in total. The monoisotopic (exact) mass is 478 g/mol. The zero-order valence-corrected chi connectivity index (χ0v) is 19.9. The van der Waals surface area contributed by atoms with Crippen LogP contribution in [0.3, 0.4) is 0 Å². The number of ether oxygens (including phenoxy) is 3. The molecule has 36 heavy (non-hydrogen) atoms. The van der Waals surface area contributed by atoms with Crippen LogP contribution >= 0.6 is 0 Å². The van der Waals surface area contributed by atoms with E-state index in [0.29, 0.717) is 50.6 Å². The summed E-state index contributed by atoms with van der Waals surface area (Å²) < 4.78 is 16.5. The largest absolute Gasteiger partial charge is 0.497 e. The molecule has 7 heteroatoms. The van der Waals surface area contributed by atoms with Crippen molar-refractivity contribution < 1.29 is 23.8 Å². The normalized spacial score (nSPS) is 12.9. The quantitative estimate of drug-likeness (QED) is 0.322. The number of aromatic amines is 1. The summed E-state index contributed by atoms with van der Waals surface area (Å²) in [5.41, 5.74) is 3.99. The number of benzene rings is 4. The summed E-state index contributed by atoms with van der Waals surface area (Å²) in [6, 6.07) is 21.9. The predicted molar refractivity (Wildman–Crippen MR) is 138 cm³/mol. The van der Waals surface area contributed by atoms with Gasteiger partial charge in [-0.05, 0) is 54.6 Å². The lowest BCUT2D eigenvalue weighted by Crippen LogP contribution is -2.29. The van der Waals surface area contributed by atoms with E-state index >= 15 is 0 Å². The average Bonchev–Trinajstić information content (AvgIpc) is 3.41. The molecule has 0 atom stereocenters. The number of H-pyrrole nitrogens is 1. The SMILES string of the molecule is COc1ccc(OC)c(-c2cc3[nH]c4ccc(OC)cc4c3c3c2C(=O)N(c2ccccc2)C3=O)c1. The van der Waals surface area contributed by atoms with Crippen LogP contribution in [0.5, 0.6) is 17.2 Å². The van der Waals surface area contributed by atoms with Gasteiger partial charge < -0.3 is 19.2 Å². The van der Waals surface area contributed by atoms with Gasteiger partial charge in [-0.1, -0.05) is 18.2 Å². The van der Waals surface area contributed by atoms with Gasteiger partial charge in [-0.3, -0.25) is 9.59 Å². The molecule has 0 fully saturated rings. The zero-order valence-electron chi connectivity index (χ0n) is 19.9. The number of nitrogens with zero attached hydrogens (tertiary/aromatic N) is 1. The van der Waals surface area contributed by atoms with Crippen molar-refractivity contribution >= 4 is 39.3 Å². The van der Waals surface area contributed by atoms with Crippen molar-refractivity contribution in [2.45, 2.75) is 0 Å². The minimum atomic E-state index is -0.389. The van der Waals surface area contributed by atoms with Gasteiger partial charge in [0.15, 0.2) is 0 Å². The molecule has 0 saturated carbocycles. The van der Waals surface area contributed by atoms with Gasteiger partial charge in [0, 0.05) is 32.9 Å². The molecule has 0 unspecified atom stereocenters. The molecule has 2 amide bonds. The Morgan fingerprint density at radius 1 is 0.667 bits per heavy atom. The Morgan fingerprint density at radius 2 is 1.36 bits per heavy atom. The highest BCUT2D eigenvalue weighted by Crippen LogP contribution is 2.45. The van der Waals surface area contributed by atoms with Crippen LogP contribution < -0.4 is 19.1 Å². The number of rotatable bonds is 5. The van der Waals surface area contributed by atoms with Crippen LogP contribution in [0.1, 0.15) is 20.7 Å². The maximum atomic E-state index is 14.0. The minimum Gasteiger partial charge on any atom is -0.497 e. The number of nitrogens with one attached hydrogen (secondary N) is 1. The second-order valence-corrected chi connectivity index (χ2v) is 8.48. The highest BCUT2D eigenvalue weighted by atomic mass is 16.5. The van der Waals surface area contributed by atoms with Crippen molar-refractivity contribution in [3.8, 4) is 28.4 Å². The summed E-state index contributed by atoms with van der Waals surface area (Å²) in [6.07, 6.45) is 0. The van der Waals surface area contributed by atoms with E-state index in [1.165, 1.54) is 4.90 Å². The Kier molecular flexibility index (Phi) is 4.93. The van der Waals surface area contributed by atoms with Crippen LogP contribution in [0.2, 0.25) is 0 Å². The Balaban J connectivity index is 1.74. The summed E-state index contributed by atoms with van der Waals surface area (Å²) >= 11 is 0. The summed E-state index contributed by atoms with van der Waals surface area (Å²) in [7, 11) is 4.75. The number of amides is 2. The van der Waals surface area contributed by atoms with Gasteiger partial charge in [0.2, 0.25) is 0 Å². The van der Waals surface area contributed by atoms with E-state index in [2.05, 4.69) is 4.98 Å². The Hall–Kier alpha value is -4.78. The van der Waals surface area contributed by atoms with Crippen molar-refractivity contribution in [2.75, 3.05) is 26.2 Å². The molecule has 178 valence electrons. The number of para-hydroxylation sites is 1. The third kappa shape index (κ3) is 3.06. The zero-order chi connectivity index (χ0) is 25.0. The number of imide groups is 1. The third-order valence-electron chi connectivity index (χ3n) is 6.64. The summed E-state index contributed by atoms with van der Waals surface area (Å²) in [5.74, 6) is 1.07. The van der Waals surface area contributed by atoms with Crippen LogP contribution in [0.25, 0.3) is 32.9 Å². The number of carbonyl (C=O) groups excluding carboxylic acids is 2. The summed E-state index contributed by atoms with van der Waals surface area (Å²) in [6.45, 7) is 0. The second kappa shape index (κ2) is 8.16. The summed E-state index contributed by atoms with van der Waals surface area (Å²) in [5, 5.41) is 1.49. The first-order chi connectivity index (χ1) is 17.5. The lowest BCUT2D eigenvalue weighted by atomic mass is 9.92. The molecule has 1 N–H and O–H groups in total. The fourth-order valence-electron chi connectivity index (χ4n) is 4.97. The van der Waals surface area contributed by atoms with Crippen molar-refractivity contribution in [2.24, 2.45) is 0 Å². The molecule has 0 aliphatic carbocycles. The van der Waals surface area contributed by atoms with Gasteiger partial charge in [-0.15, -0.1) is 0 Å². The van der Waals surface area contributed by atoms with E-state index in [4.69, 9.17) is 14.2 Å². The van der Waals surface area contributed by atoms with Crippen molar-refractivity contribution in [1.82, 2.24) is 4.98 Å². The average molecular weight is 479 g/mol. The first-order valence-corrected chi connectivity index (χ1v) is 11.4. The molecular formula is C29H22N2O5. The second-order valence-electron chi connectivity index (χ2n) is 8.48. The van der Waals surface area contributed by atoms with Gasteiger partial charge in [0.25, 0.3) is 11.8 Å². The van der Waals surface area contributed by atoms with Crippen molar-refractivity contribution in [3.05, 3.63) is 83.9 Å². The summed E-state index contributed by atoms with van der Waals surface area (Å²) in [4.78, 5) is 32.6. The van der Waals surface area contributed by atoms with Crippen LogP contribution in [0, 0.1) is 0 Å². The Labute approximate surface area is 206 Å².